The molecule has 2 nitrogen and oxygen atoms in total. The number of benzene rings is 1. The summed E-state index contributed by atoms with van der Waals surface area (Å²) in [6, 6.07) is 8.23. The van der Waals surface area contributed by atoms with E-state index in [4.69, 9.17) is 0 Å². The molecule has 0 aliphatic rings. The van der Waals surface area contributed by atoms with Crippen molar-refractivity contribution >= 4 is 0 Å². The largest absolute Gasteiger partial charge is 0.384 e. The molecule has 0 aliphatic carbocycles. The van der Waals surface area contributed by atoms with Crippen LogP contribution in [0.2, 0.25) is 0 Å². The third-order valence-electron chi connectivity index (χ3n) is 3.01. The molecular weight excluding hydrogens is 210 g/mol. The third kappa shape index (κ3) is 4.49. The average molecular weight is 235 g/mol. The topological polar surface area (TPSA) is 32.3 Å². The molecule has 0 aromatic heterocycles. The zero-order chi connectivity index (χ0) is 12.9. The molecule has 2 heteroatoms. The Kier molecular flexibility index (Phi) is 5.16. The third-order valence-corrected chi connectivity index (χ3v) is 3.01. The lowest BCUT2D eigenvalue weighted by Gasteiger charge is -2.25. The lowest BCUT2D eigenvalue weighted by atomic mass is 9.94. The quantitative estimate of drug-likeness (QED) is 0.794. The highest BCUT2D eigenvalue weighted by atomic mass is 16.3. The van der Waals surface area contributed by atoms with Crippen LogP contribution in [-0.4, -0.2) is 18.2 Å². The molecule has 0 bridgehead atoms. The molecule has 96 valence electrons. The summed E-state index contributed by atoms with van der Waals surface area (Å²) in [5.41, 5.74) is 1.49. The van der Waals surface area contributed by atoms with E-state index < -0.39 is 5.60 Å². The van der Waals surface area contributed by atoms with Crippen LogP contribution in [0.1, 0.15) is 38.8 Å². The van der Waals surface area contributed by atoms with E-state index in [2.05, 4.69) is 38.2 Å². The molecule has 0 aliphatic heterocycles. The van der Waals surface area contributed by atoms with E-state index in [1.54, 1.807) is 0 Å². The fraction of sp³-hybridized carbons (Fsp3) is 0.600. The van der Waals surface area contributed by atoms with Crippen LogP contribution < -0.4 is 5.32 Å². The van der Waals surface area contributed by atoms with E-state index in [9.17, 15) is 5.11 Å². The van der Waals surface area contributed by atoms with Gasteiger partial charge in [0.25, 0.3) is 0 Å². The molecule has 0 fully saturated rings. The first-order valence-electron chi connectivity index (χ1n) is 6.48. The predicted octanol–water partition coefficient (Wildman–Crippen LogP) is 2.70. The Bertz CT molecular complexity index is 327. The molecule has 0 amide bonds. The summed E-state index contributed by atoms with van der Waals surface area (Å²) in [7, 11) is 0. The SMILES string of the molecule is CCc1ccc(C(C)(O)CNCC(C)C)cc1. The summed E-state index contributed by atoms with van der Waals surface area (Å²) < 4.78 is 0. The van der Waals surface area contributed by atoms with E-state index in [0.717, 1.165) is 18.5 Å². The zero-order valence-corrected chi connectivity index (χ0v) is 11.5. The first-order chi connectivity index (χ1) is 7.95. The monoisotopic (exact) mass is 235 g/mol. The van der Waals surface area contributed by atoms with Gasteiger partial charge in [-0.1, -0.05) is 45.0 Å². The highest BCUT2D eigenvalue weighted by molar-refractivity contribution is 5.27. The second kappa shape index (κ2) is 6.18. The van der Waals surface area contributed by atoms with Crippen LogP contribution in [0, 0.1) is 5.92 Å². The minimum atomic E-state index is -0.791. The van der Waals surface area contributed by atoms with Gasteiger partial charge in [0.05, 0.1) is 5.60 Å². The summed E-state index contributed by atoms with van der Waals surface area (Å²) in [6.07, 6.45) is 1.04. The first-order valence-corrected chi connectivity index (χ1v) is 6.48. The Morgan fingerprint density at radius 3 is 2.29 bits per heavy atom. The molecule has 1 unspecified atom stereocenters. The highest BCUT2D eigenvalue weighted by Gasteiger charge is 2.22. The summed E-state index contributed by atoms with van der Waals surface area (Å²) in [4.78, 5) is 0. The number of hydrogen-bond acceptors (Lipinski definition) is 2. The molecule has 0 saturated heterocycles. The van der Waals surface area contributed by atoms with Crippen molar-refractivity contribution in [3.05, 3.63) is 35.4 Å². The van der Waals surface area contributed by atoms with E-state index in [1.807, 2.05) is 19.1 Å². The van der Waals surface area contributed by atoms with Gasteiger partial charge in [-0.05, 0) is 36.9 Å². The van der Waals surface area contributed by atoms with Gasteiger partial charge in [-0.25, -0.2) is 0 Å². The molecule has 2 N–H and O–H groups in total. The van der Waals surface area contributed by atoms with Gasteiger partial charge >= 0.3 is 0 Å². The maximum absolute atomic E-state index is 10.4. The van der Waals surface area contributed by atoms with Crippen molar-refractivity contribution in [2.24, 2.45) is 5.92 Å². The van der Waals surface area contributed by atoms with Crippen molar-refractivity contribution in [1.29, 1.82) is 0 Å². The van der Waals surface area contributed by atoms with Crippen LogP contribution in [0.15, 0.2) is 24.3 Å². The van der Waals surface area contributed by atoms with Gasteiger partial charge in [0.15, 0.2) is 0 Å². The average Bonchev–Trinajstić information content (AvgIpc) is 2.28. The maximum Gasteiger partial charge on any atom is 0.0992 e. The molecule has 0 saturated carbocycles. The van der Waals surface area contributed by atoms with Crippen LogP contribution in [0.5, 0.6) is 0 Å². The van der Waals surface area contributed by atoms with Gasteiger partial charge in [0.1, 0.15) is 0 Å². The maximum atomic E-state index is 10.4. The van der Waals surface area contributed by atoms with Crippen LogP contribution in [0.25, 0.3) is 0 Å². The fourth-order valence-corrected chi connectivity index (χ4v) is 1.81. The first kappa shape index (κ1) is 14.2. The van der Waals surface area contributed by atoms with Crippen molar-refractivity contribution < 1.29 is 5.11 Å². The minimum absolute atomic E-state index is 0.594. The molecule has 17 heavy (non-hydrogen) atoms. The molecule has 1 atom stereocenters. The second-order valence-electron chi connectivity index (χ2n) is 5.35. The Balaban J connectivity index is 2.61. The summed E-state index contributed by atoms with van der Waals surface area (Å²) >= 11 is 0. The summed E-state index contributed by atoms with van der Waals surface area (Å²) in [6.45, 7) is 9.86. The fourth-order valence-electron chi connectivity index (χ4n) is 1.81. The number of aliphatic hydroxyl groups is 1. The second-order valence-corrected chi connectivity index (χ2v) is 5.35. The molecule has 1 rings (SSSR count). The lowest BCUT2D eigenvalue weighted by molar-refractivity contribution is 0.0564. The van der Waals surface area contributed by atoms with E-state index in [0.29, 0.717) is 12.5 Å². The molecule has 1 aromatic rings. The Hall–Kier alpha value is -0.860. The van der Waals surface area contributed by atoms with Crippen molar-refractivity contribution in [2.75, 3.05) is 13.1 Å². The highest BCUT2D eigenvalue weighted by Crippen LogP contribution is 2.20. The van der Waals surface area contributed by atoms with Crippen LogP contribution in [0.3, 0.4) is 0 Å². The van der Waals surface area contributed by atoms with Crippen molar-refractivity contribution in [3.63, 3.8) is 0 Å². The van der Waals surface area contributed by atoms with Crippen molar-refractivity contribution in [2.45, 2.75) is 39.7 Å². The smallest absolute Gasteiger partial charge is 0.0992 e. The van der Waals surface area contributed by atoms with Crippen molar-refractivity contribution in [1.82, 2.24) is 5.32 Å². The Labute approximate surface area is 105 Å². The number of aryl methyl sites for hydroxylation is 1. The zero-order valence-electron chi connectivity index (χ0n) is 11.5. The molecular formula is C15H25NO. The van der Waals surface area contributed by atoms with Gasteiger partial charge < -0.3 is 10.4 Å². The number of rotatable bonds is 6. The predicted molar refractivity (Wildman–Crippen MR) is 73.1 cm³/mol. The summed E-state index contributed by atoms with van der Waals surface area (Å²) in [5.74, 6) is 0.605. The van der Waals surface area contributed by atoms with E-state index in [1.165, 1.54) is 5.56 Å². The molecule has 0 spiro atoms. The van der Waals surface area contributed by atoms with Crippen molar-refractivity contribution in [3.8, 4) is 0 Å². The van der Waals surface area contributed by atoms with Crippen LogP contribution >= 0.6 is 0 Å². The Morgan fingerprint density at radius 2 is 1.82 bits per heavy atom. The molecule has 0 heterocycles. The lowest BCUT2D eigenvalue weighted by Crippen LogP contribution is -2.36. The summed E-state index contributed by atoms with van der Waals surface area (Å²) in [5, 5.41) is 13.7. The van der Waals surface area contributed by atoms with Gasteiger partial charge in [0, 0.05) is 6.54 Å². The van der Waals surface area contributed by atoms with Crippen LogP contribution in [0.4, 0.5) is 0 Å². The van der Waals surface area contributed by atoms with Gasteiger partial charge in [0.2, 0.25) is 0 Å². The van der Waals surface area contributed by atoms with E-state index in [-0.39, 0.29) is 0 Å². The van der Waals surface area contributed by atoms with E-state index >= 15 is 0 Å². The van der Waals surface area contributed by atoms with Gasteiger partial charge in [-0.2, -0.15) is 0 Å². The van der Waals surface area contributed by atoms with Gasteiger partial charge in [-0.15, -0.1) is 0 Å². The van der Waals surface area contributed by atoms with Gasteiger partial charge in [-0.3, -0.25) is 0 Å². The normalized spacial score (nSPS) is 14.9. The number of nitrogens with one attached hydrogen (secondary N) is 1. The molecule has 0 radical (unpaired) electrons. The Morgan fingerprint density at radius 1 is 1.24 bits per heavy atom. The standard InChI is InChI=1S/C15H25NO/c1-5-13-6-8-14(9-7-13)15(4,17)11-16-10-12(2)3/h6-9,12,16-17H,5,10-11H2,1-4H3. The van der Waals surface area contributed by atoms with Crippen LogP contribution in [-0.2, 0) is 12.0 Å². The minimum Gasteiger partial charge on any atom is -0.384 e. The number of hydrogen-bond donors (Lipinski definition) is 2. The molecule has 1 aromatic carbocycles.